The highest BCUT2D eigenvalue weighted by Crippen LogP contribution is 2.30. The molecule has 2 amide bonds. The minimum atomic E-state index is -0.672. The SMILES string of the molecule is CC(C)(C)OC(=O)Nc1ccc(-c2ccccc2)cc1NC(=O)c1ccc(CCC(=O)OCc2ccccn2)cc1. The first-order valence-corrected chi connectivity index (χ1v) is 13.3. The van der Waals surface area contributed by atoms with Crippen LogP contribution in [0.5, 0.6) is 0 Å². The Morgan fingerprint density at radius 3 is 2.20 bits per heavy atom. The summed E-state index contributed by atoms with van der Waals surface area (Å²) in [5, 5.41) is 5.65. The van der Waals surface area contributed by atoms with Gasteiger partial charge in [0.1, 0.15) is 12.2 Å². The molecule has 2 N–H and O–H groups in total. The largest absolute Gasteiger partial charge is 0.459 e. The van der Waals surface area contributed by atoms with Crippen LogP contribution in [0.4, 0.5) is 16.2 Å². The number of carbonyl (C=O) groups excluding carboxylic acids is 3. The zero-order valence-electron chi connectivity index (χ0n) is 23.3. The van der Waals surface area contributed by atoms with Gasteiger partial charge in [-0.15, -0.1) is 0 Å². The number of rotatable bonds is 9. The first-order valence-electron chi connectivity index (χ1n) is 13.3. The van der Waals surface area contributed by atoms with Crippen molar-refractivity contribution in [3.63, 3.8) is 0 Å². The third-order valence-electron chi connectivity index (χ3n) is 5.95. The van der Waals surface area contributed by atoms with Crippen LogP contribution < -0.4 is 10.6 Å². The van der Waals surface area contributed by atoms with Gasteiger partial charge >= 0.3 is 12.1 Å². The van der Waals surface area contributed by atoms with Crippen LogP contribution in [0, 0.1) is 0 Å². The van der Waals surface area contributed by atoms with Crippen molar-refractivity contribution in [2.75, 3.05) is 10.6 Å². The van der Waals surface area contributed by atoms with Crippen LogP contribution in [0.1, 0.15) is 48.8 Å². The Hall–Kier alpha value is -4.98. The lowest BCUT2D eigenvalue weighted by Crippen LogP contribution is -2.27. The summed E-state index contributed by atoms with van der Waals surface area (Å²) in [6.07, 6.45) is 1.72. The average molecular weight is 552 g/mol. The summed E-state index contributed by atoms with van der Waals surface area (Å²) in [6, 6.07) is 27.6. The summed E-state index contributed by atoms with van der Waals surface area (Å²) in [5.74, 6) is -0.662. The van der Waals surface area contributed by atoms with Crippen LogP contribution in [0.25, 0.3) is 11.1 Å². The molecule has 41 heavy (non-hydrogen) atoms. The van der Waals surface area contributed by atoms with Gasteiger partial charge < -0.3 is 14.8 Å². The molecule has 0 aliphatic heterocycles. The molecular weight excluding hydrogens is 518 g/mol. The molecule has 3 aromatic carbocycles. The predicted molar refractivity (Wildman–Crippen MR) is 158 cm³/mol. The van der Waals surface area contributed by atoms with E-state index in [4.69, 9.17) is 9.47 Å². The van der Waals surface area contributed by atoms with E-state index in [-0.39, 0.29) is 24.9 Å². The molecule has 0 aliphatic carbocycles. The number of carbonyl (C=O) groups is 3. The van der Waals surface area contributed by atoms with Crippen molar-refractivity contribution in [1.29, 1.82) is 0 Å². The van der Waals surface area contributed by atoms with Crippen LogP contribution in [0.2, 0.25) is 0 Å². The van der Waals surface area contributed by atoms with Crippen LogP contribution in [-0.4, -0.2) is 28.6 Å². The molecule has 0 radical (unpaired) electrons. The maximum absolute atomic E-state index is 13.2. The van der Waals surface area contributed by atoms with Crippen LogP contribution in [0.15, 0.2) is 97.2 Å². The third kappa shape index (κ3) is 9.03. The van der Waals surface area contributed by atoms with Gasteiger partial charge in [0.2, 0.25) is 0 Å². The summed E-state index contributed by atoms with van der Waals surface area (Å²) in [6.45, 7) is 5.47. The summed E-state index contributed by atoms with van der Waals surface area (Å²) >= 11 is 0. The molecule has 1 aromatic heterocycles. The summed E-state index contributed by atoms with van der Waals surface area (Å²) in [7, 11) is 0. The fourth-order valence-corrected chi connectivity index (χ4v) is 3.95. The molecule has 8 nitrogen and oxygen atoms in total. The number of esters is 1. The van der Waals surface area contributed by atoms with Gasteiger partial charge in [0.15, 0.2) is 0 Å². The Bertz CT molecular complexity index is 1480. The Labute approximate surface area is 239 Å². The van der Waals surface area contributed by atoms with Crippen molar-refractivity contribution in [1.82, 2.24) is 4.98 Å². The van der Waals surface area contributed by atoms with Gasteiger partial charge in [-0.05, 0) is 80.3 Å². The Morgan fingerprint density at radius 1 is 0.780 bits per heavy atom. The van der Waals surface area contributed by atoms with Crippen LogP contribution in [-0.2, 0) is 27.3 Å². The Morgan fingerprint density at radius 2 is 1.51 bits per heavy atom. The second-order valence-corrected chi connectivity index (χ2v) is 10.4. The van der Waals surface area contributed by atoms with Crippen molar-refractivity contribution in [2.24, 2.45) is 0 Å². The maximum atomic E-state index is 13.2. The fraction of sp³-hybridized carbons (Fsp3) is 0.212. The number of anilines is 2. The summed E-state index contributed by atoms with van der Waals surface area (Å²) < 4.78 is 10.7. The number of nitrogens with one attached hydrogen (secondary N) is 2. The van der Waals surface area contributed by atoms with Gasteiger partial charge in [-0.2, -0.15) is 0 Å². The molecule has 0 atom stereocenters. The van der Waals surface area contributed by atoms with Gasteiger partial charge in [-0.25, -0.2) is 4.79 Å². The molecule has 0 saturated carbocycles. The average Bonchev–Trinajstić information content (AvgIpc) is 2.96. The number of aryl methyl sites for hydroxylation is 1. The second-order valence-electron chi connectivity index (χ2n) is 10.4. The molecular formula is C33H33N3O5. The number of aromatic nitrogens is 1. The lowest BCUT2D eigenvalue weighted by Gasteiger charge is -2.21. The number of pyridine rings is 1. The fourth-order valence-electron chi connectivity index (χ4n) is 3.95. The van der Waals surface area contributed by atoms with E-state index >= 15 is 0 Å². The monoisotopic (exact) mass is 551 g/mol. The number of benzene rings is 3. The van der Waals surface area contributed by atoms with E-state index in [1.165, 1.54) is 0 Å². The van der Waals surface area contributed by atoms with Gasteiger partial charge in [0.05, 0.1) is 17.1 Å². The van der Waals surface area contributed by atoms with E-state index in [0.29, 0.717) is 29.1 Å². The molecule has 0 bridgehead atoms. The number of ether oxygens (including phenoxy) is 2. The van der Waals surface area contributed by atoms with Crippen molar-refractivity contribution in [3.05, 3.63) is 114 Å². The van der Waals surface area contributed by atoms with Crippen LogP contribution >= 0.6 is 0 Å². The number of nitrogens with zero attached hydrogens (tertiary/aromatic N) is 1. The topological polar surface area (TPSA) is 107 Å². The normalized spacial score (nSPS) is 10.9. The molecule has 4 rings (SSSR count). The highest BCUT2D eigenvalue weighted by atomic mass is 16.6. The molecule has 0 unspecified atom stereocenters. The number of hydrogen-bond donors (Lipinski definition) is 2. The molecule has 0 saturated heterocycles. The number of amides is 2. The Balaban J connectivity index is 1.41. The van der Waals surface area contributed by atoms with Crippen molar-refractivity contribution in [3.8, 4) is 11.1 Å². The minimum absolute atomic E-state index is 0.134. The second kappa shape index (κ2) is 13.4. The van der Waals surface area contributed by atoms with Gasteiger partial charge in [0.25, 0.3) is 5.91 Å². The van der Waals surface area contributed by atoms with Crippen LogP contribution in [0.3, 0.4) is 0 Å². The summed E-state index contributed by atoms with van der Waals surface area (Å²) in [5.41, 5.74) is 4.03. The van der Waals surface area contributed by atoms with E-state index in [0.717, 1.165) is 16.7 Å². The molecule has 0 spiro atoms. The highest BCUT2D eigenvalue weighted by Gasteiger charge is 2.19. The van der Waals surface area contributed by atoms with E-state index in [1.54, 1.807) is 69.4 Å². The lowest BCUT2D eigenvalue weighted by atomic mass is 10.0. The van der Waals surface area contributed by atoms with E-state index in [2.05, 4.69) is 15.6 Å². The molecule has 1 heterocycles. The third-order valence-corrected chi connectivity index (χ3v) is 5.95. The molecule has 0 fully saturated rings. The predicted octanol–water partition coefficient (Wildman–Crippen LogP) is 7.02. The molecule has 8 heteroatoms. The van der Waals surface area contributed by atoms with Crippen molar-refractivity contribution >= 4 is 29.3 Å². The van der Waals surface area contributed by atoms with Gasteiger partial charge in [-0.3, -0.25) is 19.9 Å². The van der Waals surface area contributed by atoms with Crippen molar-refractivity contribution < 1.29 is 23.9 Å². The van der Waals surface area contributed by atoms with E-state index in [9.17, 15) is 14.4 Å². The highest BCUT2D eigenvalue weighted by molar-refractivity contribution is 6.07. The standard InChI is InChI=1S/C33H33N3O5/c1-33(2,3)41-32(39)36-28-18-17-26(24-9-5-4-6-10-24)21-29(28)35-31(38)25-15-12-23(13-16-25)14-19-30(37)40-22-27-11-7-8-20-34-27/h4-13,15-18,20-21H,14,19,22H2,1-3H3,(H,35,38)(H,36,39). The van der Waals surface area contributed by atoms with E-state index < -0.39 is 11.7 Å². The molecule has 210 valence electrons. The van der Waals surface area contributed by atoms with Crippen molar-refractivity contribution in [2.45, 2.75) is 45.8 Å². The zero-order valence-corrected chi connectivity index (χ0v) is 23.3. The molecule has 0 aliphatic rings. The van der Waals surface area contributed by atoms with E-state index in [1.807, 2.05) is 48.5 Å². The molecule has 4 aromatic rings. The maximum Gasteiger partial charge on any atom is 0.412 e. The number of hydrogen-bond acceptors (Lipinski definition) is 6. The summed E-state index contributed by atoms with van der Waals surface area (Å²) in [4.78, 5) is 41.9. The first kappa shape index (κ1) is 29.0. The van der Waals surface area contributed by atoms with Gasteiger partial charge in [0, 0.05) is 18.2 Å². The Kier molecular flexibility index (Phi) is 9.47. The van der Waals surface area contributed by atoms with Gasteiger partial charge in [-0.1, -0.05) is 54.6 Å². The first-order chi connectivity index (χ1) is 19.7. The zero-order chi connectivity index (χ0) is 29.2. The quantitative estimate of drug-likeness (QED) is 0.216. The lowest BCUT2D eigenvalue weighted by molar-refractivity contribution is -0.145. The smallest absolute Gasteiger partial charge is 0.412 e. The minimum Gasteiger partial charge on any atom is -0.459 e.